The lowest BCUT2D eigenvalue weighted by molar-refractivity contribution is -0.145. The average Bonchev–Trinajstić information content (AvgIpc) is 2.52. The molecule has 1 heterocycles. The lowest BCUT2D eigenvalue weighted by atomic mass is 9.99. The zero-order valence-electron chi connectivity index (χ0n) is 8.87. The van der Waals surface area contributed by atoms with Crippen molar-refractivity contribution in [3.63, 3.8) is 0 Å². The summed E-state index contributed by atoms with van der Waals surface area (Å²) in [5.74, 6) is -0.137. The van der Waals surface area contributed by atoms with Gasteiger partial charge in [-0.2, -0.15) is 0 Å². The number of esters is 1. The monoisotopic (exact) mass is 212 g/mol. The lowest BCUT2D eigenvalue weighted by Gasteiger charge is -2.17. The molecule has 0 amide bonds. The van der Waals surface area contributed by atoms with E-state index < -0.39 is 0 Å². The van der Waals surface area contributed by atoms with Gasteiger partial charge in [-0.15, -0.1) is 11.3 Å². The molecule has 0 aliphatic carbocycles. The van der Waals surface area contributed by atoms with E-state index in [4.69, 9.17) is 4.74 Å². The molecule has 3 heteroatoms. The Morgan fingerprint density at radius 3 is 2.71 bits per heavy atom. The third kappa shape index (κ3) is 4.42. The van der Waals surface area contributed by atoms with E-state index in [1.54, 1.807) is 11.3 Å². The molecule has 0 unspecified atom stereocenters. The topological polar surface area (TPSA) is 26.3 Å². The van der Waals surface area contributed by atoms with Crippen LogP contribution in [0.25, 0.3) is 0 Å². The van der Waals surface area contributed by atoms with Crippen molar-refractivity contribution in [1.82, 2.24) is 0 Å². The zero-order chi connectivity index (χ0) is 10.6. The molecule has 0 fully saturated rings. The van der Waals surface area contributed by atoms with Crippen LogP contribution in [-0.2, 0) is 16.0 Å². The lowest BCUT2D eigenvalue weighted by Crippen LogP contribution is -2.19. The van der Waals surface area contributed by atoms with Gasteiger partial charge in [-0.25, -0.2) is 0 Å². The number of carbonyl (C=O) groups is 1. The number of thiophene rings is 1. The summed E-state index contributed by atoms with van der Waals surface area (Å²) in [6.45, 7) is 6.62. The highest BCUT2D eigenvalue weighted by Crippen LogP contribution is 2.14. The quantitative estimate of drug-likeness (QED) is 0.720. The molecule has 0 aromatic carbocycles. The minimum Gasteiger partial charge on any atom is -0.465 e. The van der Waals surface area contributed by atoms with E-state index in [2.05, 4.69) is 0 Å². The van der Waals surface area contributed by atoms with Crippen molar-refractivity contribution in [2.75, 3.05) is 6.61 Å². The van der Waals surface area contributed by atoms with Gasteiger partial charge in [0.05, 0.1) is 13.0 Å². The predicted octanol–water partition coefficient (Wildman–Crippen LogP) is 2.88. The fourth-order valence-electron chi connectivity index (χ4n) is 0.903. The normalized spacial score (nSPS) is 11.4. The minimum absolute atomic E-state index is 0.0467. The van der Waals surface area contributed by atoms with Gasteiger partial charge in [0.1, 0.15) is 0 Å². The molecule has 0 aliphatic heterocycles. The highest BCUT2D eigenvalue weighted by Gasteiger charge is 2.14. The Kier molecular flexibility index (Phi) is 3.69. The molecule has 1 aromatic rings. The van der Waals surface area contributed by atoms with Crippen molar-refractivity contribution >= 4 is 17.3 Å². The largest absolute Gasteiger partial charge is 0.465 e. The van der Waals surface area contributed by atoms with E-state index in [1.165, 1.54) is 0 Å². The molecule has 0 spiro atoms. The summed E-state index contributed by atoms with van der Waals surface area (Å²) in [7, 11) is 0. The molecular weight excluding hydrogens is 196 g/mol. The standard InChI is InChI=1S/C11H16O2S/c1-11(2,3)8-13-10(12)7-9-5-4-6-14-9/h4-6H,7-8H2,1-3H3. The Morgan fingerprint density at radius 1 is 1.50 bits per heavy atom. The summed E-state index contributed by atoms with van der Waals surface area (Å²) in [6, 6.07) is 3.89. The second-order valence-corrected chi connectivity index (χ2v) is 5.51. The summed E-state index contributed by atoms with van der Waals surface area (Å²) in [5.41, 5.74) is 0.0467. The molecule has 0 saturated carbocycles. The van der Waals surface area contributed by atoms with E-state index in [0.717, 1.165) is 4.88 Å². The van der Waals surface area contributed by atoms with Gasteiger partial charge in [0, 0.05) is 4.88 Å². The van der Waals surface area contributed by atoms with Gasteiger partial charge < -0.3 is 4.74 Å². The first-order chi connectivity index (χ1) is 6.47. The van der Waals surface area contributed by atoms with Crippen molar-refractivity contribution in [3.05, 3.63) is 22.4 Å². The van der Waals surface area contributed by atoms with E-state index in [9.17, 15) is 4.79 Å². The van der Waals surface area contributed by atoms with Crippen molar-refractivity contribution in [2.24, 2.45) is 5.41 Å². The molecule has 0 saturated heterocycles. The summed E-state index contributed by atoms with van der Waals surface area (Å²) in [5, 5.41) is 1.96. The molecule has 1 aromatic heterocycles. The van der Waals surface area contributed by atoms with Crippen LogP contribution in [0.2, 0.25) is 0 Å². The van der Waals surface area contributed by atoms with Crippen LogP contribution in [0.3, 0.4) is 0 Å². The first kappa shape index (κ1) is 11.2. The fraction of sp³-hybridized carbons (Fsp3) is 0.545. The third-order valence-electron chi connectivity index (χ3n) is 1.56. The van der Waals surface area contributed by atoms with Crippen LogP contribution in [-0.4, -0.2) is 12.6 Å². The third-order valence-corrected chi connectivity index (χ3v) is 2.44. The molecule has 0 N–H and O–H groups in total. The van der Waals surface area contributed by atoms with Gasteiger partial charge in [-0.1, -0.05) is 26.8 Å². The van der Waals surface area contributed by atoms with Gasteiger partial charge in [-0.05, 0) is 16.9 Å². The summed E-state index contributed by atoms with van der Waals surface area (Å²) < 4.78 is 5.15. The van der Waals surface area contributed by atoms with Crippen LogP contribution in [0.5, 0.6) is 0 Å². The number of ether oxygens (including phenoxy) is 1. The second kappa shape index (κ2) is 4.60. The molecule has 78 valence electrons. The first-order valence-corrected chi connectivity index (χ1v) is 5.53. The van der Waals surface area contributed by atoms with Crippen LogP contribution >= 0.6 is 11.3 Å². The minimum atomic E-state index is -0.137. The molecule has 0 radical (unpaired) electrons. The van der Waals surface area contributed by atoms with E-state index in [1.807, 2.05) is 38.3 Å². The second-order valence-electron chi connectivity index (χ2n) is 4.48. The van der Waals surface area contributed by atoms with E-state index in [-0.39, 0.29) is 11.4 Å². The molecule has 0 aliphatic rings. The van der Waals surface area contributed by atoms with Gasteiger partial charge >= 0.3 is 5.97 Å². The van der Waals surface area contributed by atoms with Crippen LogP contribution in [0.4, 0.5) is 0 Å². The van der Waals surface area contributed by atoms with Crippen LogP contribution in [0.15, 0.2) is 17.5 Å². The van der Waals surface area contributed by atoms with Gasteiger partial charge in [0.15, 0.2) is 0 Å². The van der Waals surface area contributed by atoms with Gasteiger partial charge in [-0.3, -0.25) is 4.79 Å². The molecule has 0 bridgehead atoms. The molecule has 2 nitrogen and oxygen atoms in total. The number of carbonyl (C=O) groups excluding carboxylic acids is 1. The smallest absolute Gasteiger partial charge is 0.311 e. The number of hydrogen-bond acceptors (Lipinski definition) is 3. The van der Waals surface area contributed by atoms with E-state index in [0.29, 0.717) is 13.0 Å². The summed E-state index contributed by atoms with van der Waals surface area (Å²) in [6.07, 6.45) is 0.397. The Morgan fingerprint density at radius 2 is 2.21 bits per heavy atom. The SMILES string of the molecule is CC(C)(C)COC(=O)Cc1cccs1. The average molecular weight is 212 g/mol. The van der Waals surface area contributed by atoms with Crippen molar-refractivity contribution in [2.45, 2.75) is 27.2 Å². The Bertz CT molecular complexity index is 283. The summed E-state index contributed by atoms with van der Waals surface area (Å²) in [4.78, 5) is 12.4. The summed E-state index contributed by atoms with van der Waals surface area (Å²) >= 11 is 1.58. The van der Waals surface area contributed by atoms with Crippen LogP contribution in [0, 0.1) is 5.41 Å². The number of rotatable bonds is 3. The van der Waals surface area contributed by atoms with Crippen molar-refractivity contribution in [1.29, 1.82) is 0 Å². The zero-order valence-corrected chi connectivity index (χ0v) is 9.69. The van der Waals surface area contributed by atoms with E-state index >= 15 is 0 Å². The molecule has 14 heavy (non-hydrogen) atoms. The van der Waals surface area contributed by atoms with Crippen molar-refractivity contribution < 1.29 is 9.53 Å². The Labute approximate surface area is 88.9 Å². The van der Waals surface area contributed by atoms with Crippen molar-refractivity contribution in [3.8, 4) is 0 Å². The van der Waals surface area contributed by atoms with Gasteiger partial charge in [0.25, 0.3) is 0 Å². The number of hydrogen-bond donors (Lipinski definition) is 0. The molecular formula is C11H16O2S. The molecule has 1 rings (SSSR count). The predicted molar refractivity (Wildman–Crippen MR) is 58.4 cm³/mol. The fourth-order valence-corrected chi connectivity index (χ4v) is 1.59. The first-order valence-electron chi connectivity index (χ1n) is 4.65. The Hall–Kier alpha value is -0.830. The maximum absolute atomic E-state index is 11.3. The highest BCUT2D eigenvalue weighted by atomic mass is 32.1. The maximum Gasteiger partial charge on any atom is 0.311 e. The van der Waals surface area contributed by atoms with Gasteiger partial charge in [0.2, 0.25) is 0 Å². The highest BCUT2D eigenvalue weighted by molar-refractivity contribution is 7.10. The molecule has 0 atom stereocenters. The van der Waals surface area contributed by atoms with Crippen LogP contribution < -0.4 is 0 Å². The van der Waals surface area contributed by atoms with Crippen LogP contribution in [0.1, 0.15) is 25.6 Å². The maximum atomic E-state index is 11.3. The Balaban J connectivity index is 2.30.